The summed E-state index contributed by atoms with van der Waals surface area (Å²) in [5, 5.41) is 13.0. The van der Waals surface area contributed by atoms with Crippen molar-refractivity contribution in [3.05, 3.63) is 41.8 Å². The maximum Gasteiger partial charge on any atom is 0.276 e. The Balaban J connectivity index is 2.14. The van der Waals surface area contributed by atoms with Gasteiger partial charge in [0.2, 0.25) is 0 Å². The number of halogens is 1. The van der Waals surface area contributed by atoms with Crippen LogP contribution in [-0.4, -0.2) is 30.3 Å². The van der Waals surface area contributed by atoms with E-state index in [9.17, 15) is 9.18 Å². The summed E-state index contributed by atoms with van der Waals surface area (Å²) < 4.78 is 18.1. The maximum absolute atomic E-state index is 13.2. The van der Waals surface area contributed by atoms with Crippen molar-refractivity contribution in [3.63, 3.8) is 0 Å². The van der Waals surface area contributed by atoms with Crippen molar-refractivity contribution in [2.45, 2.75) is 0 Å². The van der Waals surface area contributed by atoms with Crippen molar-refractivity contribution >= 4 is 17.4 Å². The number of hydrogen-bond donors (Lipinski definition) is 2. The van der Waals surface area contributed by atoms with Crippen molar-refractivity contribution in [2.24, 2.45) is 0 Å². The first-order valence-electron chi connectivity index (χ1n) is 5.80. The summed E-state index contributed by atoms with van der Waals surface area (Å²) in [7, 11) is 3.06. The van der Waals surface area contributed by atoms with E-state index in [1.54, 1.807) is 13.1 Å². The predicted octanol–water partition coefficient (Wildman–Crippen LogP) is 1.92. The minimum absolute atomic E-state index is 0.0550. The fraction of sp³-hybridized carbons (Fsp3) is 0.154. The van der Waals surface area contributed by atoms with Crippen LogP contribution in [-0.2, 0) is 0 Å². The Bertz CT molecular complexity index is 616. The minimum Gasteiger partial charge on any atom is -0.494 e. The van der Waals surface area contributed by atoms with E-state index in [0.717, 1.165) is 0 Å². The van der Waals surface area contributed by atoms with Crippen LogP contribution in [0.1, 0.15) is 10.5 Å². The molecule has 0 fully saturated rings. The molecular formula is C13H13FN4O2. The van der Waals surface area contributed by atoms with Gasteiger partial charge in [-0.1, -0.05) is 0 Å². The van der Waals surface area contributed by atoms with Gasteiger partial charge in [0.05, 0.1) is 7.11 Å². The second kappa shape index (κ2) is 5.96. The Hall–Kier alpha value is -2.70. The Morgan fingerprint density at radius 3 is 2.65 bits per heavy atom. The number of hydrogen-bond acceptors (Lipinski definition) is 5. The lowest BCUT2D eigenvalue weighted by Crippen LogP contribution is -2.14. The van der Waals surface area contributed by atoms with Gasteiger partial charge < -0.3 is 15.4 Å². The molecule has 0 aliphatic rings. The molecular weight excluding hydrogens is 263 g/mol. The molecule has 104 valence electrons. The van der Waals surface area contributed by atoms with Crippen molar-refractivity contribution in [1.82, 2.24) is 10.2 Å². The largest absolute Gasteiger partial charge is 0.494 e. The zero-order valence-corrected chi connectivity index (χ0v) is 11.0. The van der Waals surface area contributed by atoms with Gasteiger partial charge in [0, 0.05) is 18.8 Å². The maximum atomic E-state index is 13.2. The lowest BCUT2D eigenvalue weighted by atomic mass is 10.2. The third kappa shape index (κ3) is 3.00. The average Bonchev–Trinajstić information content (AvgIpc) is 2.49. The van der Waals surface area contributed by atoms with Crippen molar-refractivity contribution in [3.8, 4) is 5.75 Å². The number of ether oxygens (including phenoxy) is 1. The van der Waals surface area contributed by atoms with Crippen molar-refractivity contribution in [1.29, 1.82) is 0 Å². The SMILES string of the molecule is CNc1ccc(C(=O)Nc2ccc(F)c(OC)c2)nn1. The molecule has 1 aromatic heterocycles. The number of carbonyl (C=O) groups excluding carboxylic acids is 1. The second-order valence-electron chi connectivity index (χ2n) is 3.86. The Kier molecular flexibility index (Phi) is 4.09. The van der Waals surface area contributed by atoms with E-state index in [1.165, 1.54) is 31.4 Å². The van der Waals surface area contributed by atoms with E-state index in [4.69, 9.17) is 4.74 Å². The molecule has 0 radical (unpaired) electrons. The van der Waals surface area contributed by atoms with Gasteiger partial charge in [-0.05, 0) is 24.3 Å². The third-order valence-electron chi connectivity index (χ3n) is 2.56. The van der Waals surface area contributed by atoms with Gasteiger partial charge in [-0.15, -0.1) is 10.2 Å². The highest BCUT2D eigenvalue weighted by Gasteiger charge is 2.10. The third-order valence-corrected chi connectivity index (χ3v) is 2.56. The van der Waals surface area contributed by atoms with Gasteiger partial charge >= 0.3 is 0 Å². The number of amides is 1. The highest BCUT2D eigenvalue weighted by atomic mass is 19.1. The number of rotatable bonds is 4. The average molecular weight is 276 g/mol. The van der Waals surface area contributed by atoms with E-state index in [1.807, 2.05) is 0 Å². The number of nitrogens with one attached hydrogen (secondary N) is 2. The number of aromatic nitrogens is 2. The van der Waals surface area contributed by atoms with E-state index < -0.39 is 11.7 Å². The Labute approximate surface area is 115 Å². The standard InChI is InChI=1S/C13H13FN4O2/c1-15-12-6-5-10(17-18-12)13(19)16-8-3-4-9(14)11(7-8)20-2/h3-7H,1-2H3,(H,15,18)(H,16,19). The summed E-state index contributed by atoms with van der Waals surface area (Å²) >= 11 is 0. The van der Waals surface area contributed by atoms with Crippen LogP contribution in [0.5, 0.6) is 5.75 Å². The van der Waals surface area contributed by atoms with E-state index in [2.05, 4.69) is 20.8 Å². The molecule has 0 spiro atoms. The summed E-state index contributed by atoms with van der Waals surface area (Å²) in [5.41, 5.74) is 0.569. The second-order valence-corrected chi connectivity index (χ2v) is 3.86. The van der Waals surface area contributed by atoms with Gasteiger partial charge in [-0.2, -0.15) is 0 Å². The first kappa shape index (κ1) is 13.7. The minimum atomic E-state index is -0.497. The van der Waals surface area contributed by atoms with Crippen LogP contribution in [0.3, 0.4) is 0 Å². The molecule has 0 bridgehead atoms. The van der Waals surface area contributed by atoms with Gasteiger partial charge in [-0.3, -0.25) is 4.79 Å². The first-order chi connectivity index (χ1) is 9.63. The smallest absolute Gasteiger partial charge is 0.276 e. The van der Waals surface area contributed by atoms with Crippen molar-refractivity contribution in [2.75, 3.05) is 24.8 Å². The molecule has 0 aliphatic carbocycles. The van der Waals surface area contributed by atoms with Crippen molar-refractivity contribution < 1.29 is 13.9 Å². The molecule has 2 N–H and O–H groups in total. The van der Waals surface area contributed by atoms with Crippen LogP contribution in [0.4, 0.5) is 15.9 Å². The van der Waals surface area contributed by atoms with E-state index in [-0.39, 0.29) is 11.4 Å². The fourth-order valence-corrected chi connectivity index (χ4v) is 1.52. The molecule has 1 amide bonds. The lowest BCUT2D eigenvalue weighted by molar-refractivity contribution is 0.102. The molecule has 7 heteroatoms. The highest BCUT2D eigenvalue weighted by molar-refractivity contribution is 6.02. The summed E-state index contributed by atoms with van der Waals surface area (Å²) in [6.45, 7) is 0. The molecule has 0 aliphatic heterocycles. The van der Waals surface area contributed by atoms with Crippen LogP contribution < -0.4 is 15.4 Å². The zero-order chi connectivity index (χ0) is 14.5. The summed E-state index contributed by atoms with van der Waals surface area (Å²) in [6, 6.07) is 7.21. The molecule has 0 saturated heterocycles. The van der Waals surface area contributed by atoms with Crippen LogP contribution in [0.25, 0.3) is 0 Å². The molecule has 1 heterocycles. The van der Waals surface area contributed by atoms with Gasteiger partial charge in [0.1, 0.15) is 5.82 Å². The molecule has 0 atom stereocenters. The molecule has 1 aromatic carbocycles. The number of nitrogens with zero attached hydrogens (tertiary/aromatic N) is 2. The monoisotopic (exact) mass is 276 g/mol. The molecule has 6 nitrogen and oxygen atoms in total. The molecule has 2 aromatic rings. The molecule has 0 saturated carbocycles. The lowest BCUT2D eigenvalue weighted by Gasteiger charge is -2.07. The predicted molar refractivity (Wildman–Crippen MR) is 72.5 cm³/mol. The van der Waals surface area contributed by atoms with Crippen LogP contribution in [0.15, 0.2) is 30.3 Å². The van der Waals surface area contributed by atoms with Gasteiger partial charge in [-0.25, -0.2) is 4.39 Å². The normalized spacial score (nSPS) is 9.95. The summed E-state index contributed by atoms with van der Waals surface area (Å²) in [5.74, 6) is -0.318. The number of carbonyl (C=O) groups is 1. The summed E-state index contributed by atoms with van der Waals surface area (Å²) in [4.78, 5) is 11.9. The summed E-state index contributed by atoms with van der Waals surface area (Å²) in [6.07, 6.45) is 0. The first-order valence-corrected chi connectivity index (χ1v) is 5.80. The number of anilines is 2. The number of methoxy groups -OCH3 is 1. The molecule has 0 unspecified atom stereocenters. The number of benzene rings is 1. The topological polar surface area (TPSA) is 76.1 Å². The Morgan fingerprint density at radius 2 is 2.05 bits per heavy atom. The van der Waals surface area contributed by atoms with E-state index in [0.29, 0.717) is 11.5 Å². The molecule has 20 heavy (non-hydrogen) atoms. The van der Waals surface area contributed by atoms with E-state index >= 15 is 0 Å². The van der Waals surface area contributed by atoms with Crippen LogP contribution >= 0.6 is 0 Å². The van der Waals surface area contributed by atoms with Gasteiger partial charge in [0.25, 0.3) is 5.91 Å². The fourth-order valence-electron chi connectivity index (χ4n) is 1.52. The van der Waals surface area contributed by atoms with Crippen LogP contribution in [0.2, 0.25) is 0 Å². The van der Waals surface area contributed by atoms with Gasteiger partial charge in [0.15, 0.2) is 17.3 Å². The quantitative estimate of drug-likeness (QED) is 0.892. The highest BCUT2D eigenvalue weighted by Crippen LogP contribution is 2.21. The van der Waals surface area contributed by atoms with Crippen LogP contribution in [0, 0.1) is 5.82 Å². The Morgan fingerprint density at radius 1 is 1.25 bits per heavy atom. The molecule has 2 rings (SSSR count). The zero-order valence-electron chi connectivity index (χ0n) is 11.0.